The molecule has 0 fully saturated rings. The van der Waals surface area contributed by atoms with Gasteiger partial charge in [-0.1, -0.05) is 48.5 Å². The predicted molar refractivity (Wildman–Crippen MR) is 91.7 cm³/mol. The number of hydrogen-bond acceptors (Lipinski definition) is 4. The number of pyridine rings is 1. The summed E-state index contributed by atoms with van der Waals surface area (Å²) in [4.78, 5) is 4.20. The van der Waals surface area contributed by atoms with Gasteiger partial charge >= 0.3 is 0 Å². The van der Waals surface area contributed by atoms with Crippen LogP contribution in [0.2, 0.25) is 0 Å². The largest absolute Gasteiger partial charge is 0.488 e. The summed E-state index contributed by atoms with van der Waals surface area (Å²) in [6.45, 7) is 0.464. The summed E-state index contributed by atoms with van der Waals surface area (Å²) in [7, 11) is 1.56. The Kier molecular flexibility index (Phi) is 4.73. The zero-order valence-corrected chi connectivity index (χ0v) is 13.3. The maximum Gasteiger partial charge on any atom is 0.221 e. The number of aromatic nitrogens is 1. The molecule has 2 aromatic carbocycles. The maximum absolute atomic E-state index is 9.13. The van der Waals surface area contributed by atoms with Gasteiger partial charge < -0.3 is 9.47 Å². The van der Waals surface area contributed by atoms with Crippen molar-refractivity contribution in [2.75, 3.05) is 7.11 Å². The minimum absolute atomic E-state index is 0.463. The fourth-order valence-corrected chi connectivity index (χ4v) is 2.42. The fraction of sp³-hybridized carbons (Fsp3) is 0.100. The summed E-state index contributed by atoms with van der Waals surface area (Å²) >= 11 is 0. The Morgan fingerprint density at radius 3 is 2.50 bits per heavy atom. The molecule has 3 rings (SSSR count). The zero-order valence-electron chi connectivity index (χ0n) is 13.3. The molecule has 3 aromatic rings. The maximum atomic E-state index is 9.13. The van der Waals surface area contributed by atoms with E-state index in [0.29, 0.717) is 18.1 Å². The van der Waals surface area contributed by atoms with E-state index >= 15 is 0 Å². The SMILES string of the molecule is COc1ncc(C#N)cc1-c1ccccc1OCc1ccccc1. The van der Waals surface area contributed by atoms with Crippen molar-refractivity contribution in [2.24, 2.45) is 0 Å². The fourth-order valence-electron chi connectivity index (χ4n) is 2.42. The van der Waals surface area contributed by atoms with Crippen molar-refractivity contribution in [3.8, 4) is 28.8 Å². The first kappa shape index (κ1) is 15.6. The second-order valence-corrected chi connectivity index (χ2v) is 5.16. The van der Waals surface area contributed by atoms with Gasteiger partial charge in [0.05, 0.1) is 12.7 Å². The number of rotatable bonds is 5. The normalized spacial score (nSPS) is 10.0. The molecule has 0 saturated heterocycles. The van der Waals surface area contributed by atoms with E-state index in [1.54, 1.807) is 13.2 Å². The Bertz CT molecular complexity index is 870. The van der Waals surface area contributed by atoms with E-state index in [0.717, 1.165) is 22.4 Å². The van der Waals surface area contributed by atoms with Crippen LogP contribution >= 0.6 is 0 Å². The molecular formula is C20H16N2O2. The van der Waals surface area contributed by atoms with E-state index in [1.165, 1.54) is 6.20 Å². The third-order valence-corrected chi connectivity index (χ3v) is 3.59. The van der Waals surface area contributed by atoms with Gasteiger partial charge in [0.25, 0.3) is 0 Å². The molecule has 0 bridgehead atoms. The molecule has 4 nitrogen and oxygen atoms in total. The molecule has 0 amide bonds. The molecule has 0 radical (unpaired) electrons. The zero-order chi connectivity index (χ0) is 16.8. The van der Waals surface area contributed by atoms with Crippen LogP contribution in [-0.4, -0.2) is 12.1 Å². The van der Waals surface area contributed by atoms with Crippen LogP contribution in [0, 0.1) is 11.3 Å². The third-order valence-electron chi connectivity index (χ3n) is 3.59. The third kappa shape index (κ3) is 3.36. The molecule has 0 unspecified atom stereocenters. The quantitative estimate of drug-likeness (QED) is 0.707. The molecular weight excluding hydrogens is 300 g/mol. The van der Waals surface area contributed by atoms with Crippen molar-refractivity contribution >= 4 is 0 Å². The van der Waals surface area contributed by atoms with Gasteiger partial charge in [0.2, 0.25) is 5.88 Å². The van der Waals surface area contributed by atoms with Crippen LogP contribution in [0.25, 0.3) is 11.1 Å². The first-order valence-corrected chi connectivity index (χ1v) is 7.52. The highest BCUT2D eigenvalue weighted by molar-refractivity contribution is 5.75. The second-order valence-electron chi connectivity index (χ2n) is 5.16. The molecule has 0 N–H and O–H groups in total. The Labute approximate surface area is 140 Å². The number of ether oxygens (including phenoxy) is 2. The van der Waals surface area contributed by atoms with Crippen LogP contribution in [0.5, 0.6) is 11.6 Å². The van der Waals surface area contributed by atoms with Gasteiger partial charge in [-0.3, -0.25) is 0 Å². The van der Waals surface area contributed by atoms with Crippen LogP contribution in [0.1, 0.15) is 11.1 Å². The average molecular weight is 316 g/mol. The van der Waals surface area contributed by atoms with Gasteiger partial charge in [-0.25, -0.2) is 4.98 Å². The van der Waals surface area contributed by atoms with Crippen LogP contribution in [0.4, 0.5) is 0 Å². The molecule has 0 spiro atoms. The van der Waals surface area contributed by atoms with Crippen molar-refractivity contribution in [3.63, 3.8) is 0 Å². The number of nitrogens with zero attached hydrogens (tertiary/aromatic N) is 2. The number of methoxy groups -OCH3 is 1. The van der Waals surface area contributed by atoms with E-state index in [4.69, 9.17) is 14.7 Å². The summed E-state index contributed by atoms with van der Waals surface area (Å²) in [6.07, 6.45) is 1.50. The van der Waals surface area contributed by atoms with Crippen molar-refractivity contribution in [3.05, 3.63) is 78.0 Å². The molecule has 0 aliphatic rings. The molecule has 4 heteroatoms. The van der Waals surface area contributed by atoms with Crippen molar-refractivity contribution < 1.29 is 9.47 Å². The van der Waals surface area contributed by atoms with Crippen molar-refractivity contribution in [1.82, 2.24) is 4.98 Å². The van der Waals surface area contributed by atoms with Crippen LogP contribution in [-0.2, 0) is 6.61 Å². The first-order valence-electron chi connectivity index (χ1n) is 7.52. The van der Waals surface area contributed by atoms with Gasteiger partial charge in [-0.15, -0.1) is 0 Å². The molecule has 1 heterocycles. The second kappa shape index (κ2) is 7.30. The summed E-state index contributed by atoms with van der Waals surface area (Å²) < 4.78 is 11.3. The minimum atomic E-state index is 0.463. The van der Waals surface area contributed by atoms with E-state index in [-0.39, 0.29) is 0 Å². The smallest absolute Gasteiger partial charge is 0.221 e. The van der Waals surface area contributed by atoms with Gasteiger partial charge in [0.1, 0.15) is 18.4 Å². The average Bonchev–Trinajstić information content (AvgIpc) is 2.67. The van der Waals surface area contributed by atoms with Crippen LogP contribution in [0.15, 0.2) is 66.9 Å². The van der Waals surface area contributed by atoms with Gasteiger partial charge in [0.15, 0.2) is 0 Å². The molecule has 118 valence electrons. The van der Waals surface area contributed by atoms with E-state index < -0.39 is 0 Å². The summed E-state index contributed by atoms with van der Waals surface area (Å²) in [5.41, 5.74) is 3.14. The lowest BCUT2D eigenvalue weighted by Gasteiger charge is -2.13. The number of nitriles is 1. The number of hydrogen-bond donors (Lipinski definition) is 0. The van der Waals surface area contributed by atoms with E-state index in [2.05, 4.69) is 11.1 Å². The number of para-hydroxylation sites is 1. The van der Waals surface area contributed by atoms with Gasteiger partial charge in [0, 0.05) is 17.3 Å². The lowest BCUT2D eigenvalue weighted by molar-refractivity contribution is 0.307. The monoisotopic (exact) mass is 316 g/mol. The Balaban J connectivity index is 1.96. The van der Waals surface area contributed by atoms with Crippen molar-refractivity contribution in [2.45, 2.75) is 6.61 Å². The highest BCUT2D eigenvalue weighted by Crippen LogP contribution is 2.35. The van der Waals surface area contributed by atoms with E-state index in [9.17, 15) is 0 Å². The molecule has 0 saturated carbocycles. The van der Waals surface area contributed by atoms with E-state index in [1.807, 2.05) is 54.6 Å². The molecule has 1 aromatic heterocycles. The predicted octanol–water partition coefficient (Wildman–Crippen LogP) is 4.21. The molecule has 0 aliphatic carbocycles. The summed E-state index contributed by atoms with van der Waals surface area (Å²) in [6, 6.07) is 21.5. The van der Waals surface area contributed by atoms with Gasteiger partial charge in [-0.05, 0) is 17.7 Å². The minimum Gasteiger partial charge on any atom is -0.488 e. The summed E-state index contributed by atoms with van der Waals surface area (Å²) in [5.74, 6) is 1.18. The lowest BCUT2D eigenvalue weighted by atomic mass is 10.0. The molecule has 0 aliphatic heterocycles. The first-order chi connectivity index (χ1) is 11.8. The van der Waals surface area contributed by atoms with Crippen LogP contribution < -0.4 is 9.47 Å². The highest BCUT2D eigenvalue weighted by atomic mass is 16.5. The van der Waals surface area contributed by atoms with Gasteiger partial charge in [-0.2, -0.15) is 5.26 Å². The Morgan fingerprint density at radius 1 is 1.00 bits per heavy atom. The Morgan fingerprint density at radius 2 is 1.75 bits per heavy atom. The molecule has 0 atom stereocenters. The lowest BCUT2D eigenvalue weighted by Crippen LogP contribution is -1.98. The number of benzene rings is 2. The topological polar surface area (TPSA) is 55.1 Å². The highest BCUT2D eigenvalue weighted by Gasteiger charge is 2.13. The van der Waals surface area contributed by atoms with Crippen molar-refractivity contribution in [1.29, 1.82) is 5.26 Å². The molecule has 24 heavy (non-hydrogen) atoms. The standard InChI is InChI=1S/C20H16N2O2/c1-23-20-18(11-16(12-21)13-22-20)17-9-5-6-10-19(17)24-14-15-7-3-2-4-8-15/h2-11,13H,14H2,1H3. The van der Waals surface area contributed by atoms with Crippen LogP contribution in [0.3, 0.4) is 0 Å². The summed E-state index contributed by atoms with van der Waals surface area (Å²) in [5, 5.41) is 9.13. The Hall–Kier alpha value is -3.32.